The van der Waals surface area contributed by atoms with E-state index in [0.717, 1.165) is 51.0 Å². The maximum Gasteiger partial charge on any atom is 0.255 e. The van der Waals surface area contributed by atoms with Crippen LogP contribution in [0.5, 0.6) is 0 Å². The summed E-state index contributed by atoms with van der Waals surface area (Å²) in [6, 6.07) is 22.2. The minimum Gasteiger partial charge on any atom is -0.383 e. The average Bonchev–Trinajstić information content (AvgIpc) is 3.51. The molecule has 0 spiro atoms. The number of halogens is 1. The Hall–Kier alpha value is -4.18. The largest absolute Gasteiger partial charge is 0.383 e. The van der Waals surface area contributed by atoms with Crippen LogP contribution in [0, 0.1) is 5.95 Å². The molecule has 1 saturated carbocycles. The number of pyridine rings is 2. The number of ether oxygens (including phenoxy) is 1. The summed E-state index contributed by atoms with van der Waals surface area (Å²) in [7, 11) is 0. The Kier molecular flexibility index (Phi) is 9.26. The molecule has 2 aromatic carbocycles. The van der Waals surface area contributed by atoms with Crippen molar-refractivity contribution in [3.05, 3.63) is 102 Å². The molecule has 4 N–H and O–H groups in total. The van der Waals surface area contributed by atoms with E-state index in [1.54, 1.807) is 18.3 Å². The van der Waals surface area contributed by atoms with Crippen LogP contribution in [0.1, 0.15) is 53.7 Å². The fourth-order valence-electron chi connectivity index (χ4n) is 6.13. The fourth-order valence-corrected chi connectivity index (χ4v) is 6.13. The molecule has 2 fully saturated rings. The minimum absolute atomic E-state index is 0.0949. The molecule has 9 heteroatoms. The number of aromatic nitrogens is 2. The molecule has 6 rings (SSSR count). The van der Waals surface area contributed by atoms with E-state index in [-0.39, 0.29) is 29.4 Å². The Morgan fingerprint density at radius 1 is 0.977 bits per heavy atom. The lowest BCUT2D eigenvalue weighted by atomic mass is 9.99. The topological polar surface area (TPSA) is 105 Å². The smallest absolute Gasteiger partial charge is 0.255 e. The Balaban J connectivity index is 1.04. The van der Waals surface area contributed by atoms with Crippen LogP contribution in [0.2, 0.25) is 0 Å². The summed E-state index contributed by atoms with van der Waals surface area (Å²) in [5, 5.41) is 6.53. The highest BCUT2D eigenvalue weighted by atomic mass is 19.1. The second-order valence-corrected chi connectivity index (χ2v) is 11.7. The lowest BCUT2D eigenvalue weighted by molar-refractivity contribution is 0.0272. The van der Waals surface area contributed by atoms with Crippen molar-refractivity contribution in [3.63, 3.8) is 0 Å². The van der Waals surface area contributed by atoms with Gasteiger partial charge in [-0.1, -0.05) is 48.5 Å². The predicted molar refractivity (Wildman–Crippen MR) is 170 cm³/mol. The highest BCUT2D eigenvalue weighted by Gasteiger charge is 2.30. The first-order valence-electron chi connectivity index (χ1n) is 15.4. The third-order valence-electron chi connectivity index (χ3n) is 8.84. The van der Waals surface area contributed by atoms with Gasteiger partial charge in [0.15, 0.2) is 0 Å². The van der Waals surface area contributed by atoms with Gasteiger partial charge in [0.25, 0.3) is 5.91 Å². The number of nitrogens with zero attached hydrogens (tertiary/aromatic N) is 3. The second-order valence-electron chi connectivity index (χ2n) is 11.7. The summed E-state index contributed by atoms with van der Waals surface area (Å²) in [4.78, 5) is 23.6. The molecule has 2 aliphatic rings. The zero-order valence-corrected chi connectivity index (χ0v) is 25.0. The number of piperazine rings is 1. The molecule has 2 aromatic heterocycles. The zero-order chi connectivity index (χ0) is 30.5. The third-order valence-corrected chi connectivity index (χ3v) is 8.84. The fraction of sp³-hybridized carbons (Fsp3) is 0.343. The molecule has 1 aliphatic carbocycles. The van der Waals surface area contributed by atoms with Crippen LogP contribution in [0.15, 0.2) is 79.1 Å². The lowest BCUT2D eigenvalue weighted by Crippen LogP contribution is -2.44. The van der Waals surface area contributed by atoms with Crippen LogP contribution in [0.3, 0.4) is 0 Å². The van der Waals surface area contributed by atoms with Crippen LogP contribution < -0.4 is 16.4 Å². The molecule has 1 saturated heterocycles. The van der Waals surface area contributed by atoms with Crippen molar-refractivity contribution in [1.29, 1.82) is 0 Å². The molecule has 1 amide bonds. The lowest BCUT2D eigenvalue weighted by Gasteiger charge is -2.33. The van der Waals surface area contributed by atoms with E-state index in [1.165, 1.54) is 29.0 Å². The maximum atomic E-state index is 13.3. The molecule has 0 bridgehead atoms. The quantitative estimate of drug-likeness (QED) is 0.224. The Morgan fingerprint density at radius 2 is 1.66 bits per heavy atom. The van der Waals surface area contributed by atoms with Crippen molar-refractivity contribution in [2.24, 2.45) is 0 Å². The van der Waals surface area contributed by atoms with Crippen molar-refractivity contribution in [1.82, 2.24) is 25.5 Å². The number of hydrogen-bond donors (Lipinski definition) is 3. The van der Waals surface area contributed by atoms with E-state index in [0.29, 0.717) is 23.8 Å². The van der Waals surface area contributed by atoms with Crippen molar-refractivity contribution in [2.75, 3.05) is 31.9 Å². The number of carbonyl (C=O) groups is 1. The Bertz CT molecular complexity index is 1560. The van der Waals surface area contributed by atoms with Crippen molar-refractivity contribution in [3.8, 4) is 22.3 Å². The summed E-state index contributed by atoms with van der Waals surface area (Å²) in [5.41, 5.74) is 12.4. The van der Waals surface area contributed by atoms with Gasteiger partial charge < -0.3 is 21.1 Å². The van der Waals surface area contributed by atoms with Crippen LogP contribution in [-0.2, 0) is 11.3 Å². The summed E-state index contributed by atoms with van der Waals surface area (Å²) >= 11 is 0. The molecule has 3 heterocycles. The van der Waals surface area contributed by atoms with Crippen molar-refractivity contribution in [2.45, 2.75) is 51.0 Å². The van der Waals surface area contributed by atoms with Gasteiger partial charge in [0.2, 0.25) is 5.95 Å². The van der Waals surface area contributed by atoms with Gasteiger partial charge in [-0.25, -0.2) is 9.97 Å². The normalized spacial score (nSPS) is 19.5. The summed E-state index contributed by atoms with van der Waals surface area (Å²) in [6.45, 7) is 7.01. The molecule has 228 valence electrons. The van der Waals surface area contributed by atoms with E-state index < -0.39 is 5.95 Å². The first-order valence-corrected chi connectivity index (χ1v) is 15.4. The third kappa shape index (κ3) is 6.96. The van der Waals surface area contributed by atoms with Gasteiger partial charge in [-0.3, -0.25) is 9.69 Å². The van der Waals surface area contributed by atoms with Gasteiger partial charge in [0.1, 0.15) is 5.82 Å². The molecule has 8 nitrogen and oxygen atoms in total. The average molecular weight is 595 g/mol. The number of amides is 1. The van der Waals surface area contributed by atoms with E-state index in [2.05, 4.69) is 81.0 Å². The van der Waals surface area contributed by atoms with Crippen molar-refractivity contribution >= 4 is 11.7 Å². The minimum atomic E-state index is -0.570. The molecule has 0 unspecified atom stereocenters. The van der Waals surface area contributed by atoms with Crippen LogP contribution in [0.4, 0.5) is 10.2 Å². The molecule has 44 heavy (non-hydrogen) atoms. The zero-order valence-electron chi connectivity index (χ0n) is 25.0. The number of carbonyl (C=O) groups excluding carboxylic acids is 1. The van der Waals surface area contributed by atoms with Gasteiger partial charge in [0.05, 0.1) is 24.3 Å². The molecular weight excluding hydrogens is 555 g/mol. The Labute approximate surface area is 257 Å². The predicted octanol–water partition coefficient (Wildman–Crippen LogP) is 5.37. The van der Waals surface area contributed by atoms with Gasteiger partial charge in [0, 0.05) is 55.7 Å². The van der Waals surface area contributed by atoms with E-state index in [4.69, 9.17) is 10.5 Å². The number of benzene rings is 2. The van der Waals surface area contributed by atoms with Gasteiger partial charge in [-0.2, -0.15) is 4.39 Å². The number of nitrogens with two attached hydrogens (primary N) is 1. The number of anilines is 1. The summed E-state index contributed by atoms with van der Waals surface area (Å²) < 4.78 is 19.6. The van der Waals surface area contributed by atoms with Gasteiger partial charge >= 0.3 is 0 Å². The monoisotopic (exact) mass is 594 g/mol. The molecule has 3 atom stereocenters. The van der Waals surface area contributed by atoms with Crippen LogP contribution in [-0.4, -0.2) is 59.1 Å². The van der Waals surface area contributed by atoms with E-state index in [1.807, 2.05) is 0 Å². The number of hydrogen-bond acceptors (Lipinski definition) is 7. The van der Waals surface area contributed by atoms with E-state index in [9.17, 15) is 9.18 Å². The standard InChI is InChI=1S/C35H39FN6O2/c1-23(42-17-15-38-16-18-42)25-9-11-27(12-10-25)26-7-5-24(6-8-26)22-44-32-4-2-3-31(32)41-35(43)30-19-29(21-40-34(30)37)28-13-14-33(36)39-20-28/h5-14,19-21,23,31-32,38H,2-4,15-18,22H2,1H3,(H2,37,40)(H,41,43)/t23-,31-,32-/m0/s1. The molecule has 0 radical (unpaired) electrons. The van der Waals surface area contributed by atoms with Crippen LogP contribution >= 0.6 is 0 Å². The highest BCUT2D eigenvalue weighted by molar-refractivity contribution is 5.99. The van der Waals surface area contributed by atoms with Gasteiger partial charge in [-0.05, 0) is 66.6 Å². The number of nitrogen functional groups attached to an aromatic ring is 1. The van der Waals surface area contributed by atoms with Crippen LogP contribution in [0.25, 0.3) is 22.3 Å². The van der Waals surface area contributed by atoms with Crippen molar-refractivity contribution < 1.29 is 13.9 Å². The molecule has 1 aliphatic heterocycles. The van der Waals surface area contributed by atoms with Gasteiger partial charge in [-0.15, -0.1) is 0 Å². The number of rotatable bonds is 9. The molecular formula is C35H39FN6O2. The second kappa shape index (κ2) is 13.6. The molecule has 4 aromatic rings. The highest BCUT2D eigenvalue weighted by Crippen LogP contribution is 2.28. The first kappa shape index (κ1) is 29.9. The Morgan fingerprint density at radius 3 is 2.36 bits per heavy atom. The SMILES string of the molecule is C[C@@H](c1ccc(-c2ccc(CO[C@H]3CCC[C@@H]3NC(=O)c3cc(-c4ccc(F)nc4)cnc3N)cc2)cc1)N1CCNCC1. The van der Waals surface area contributed by atoms with E-state index >= 15 is 0 Å². The first-order chi connectivity index (χ1) is 21.4. The summed E-state index contributed by atoms with van der Waals surface area (Å²) in [5.74, 6) is -0.731. The number of nitrogens with one attached hydrogen (secondary N) is 2. The maximum absolute atomic E-state index is 13.3. The summed E-state index contributed by atoms with van der Waals surface area (Å²) in [6.07, 6.45) is 5.53.